The van der Waals surface area contributed by atoms with Gasteiger partial charge in [0.25, 0.3) is 5.56 Å². The highest BCUT2D eigenvalue weighted by Crippen LogP contribution is 2.15. The van der Waals surface area contributed by atoms with Crippen LogP contribution in [0.1, 0.15) is 10.4 Å². The van der Waals surface area contributed by atoms with Crippen molar-refractivity contribution in [3.05, 3.63) is 46.1 Å². The standard InChI is InChI=1S/C10H6FNO3/c11-5-1-2-6-7(3-5)9(13)12-4-8(6)10(14)15/h1-4H,(H,12,13)(H,14,15). The van der Waals surface area contributed by atoms with Crippen molar-refractivity contribution in [2.45, 2.75) is 0 Å². The maximum absolute atomic E-state index is 12.8. The van der Waals surface area contributed by atoms with E-state index in [4.69, 9.17) is 5.11 Å². The SMILES string of the molecule is O=C(O)c1c[nH]c(=O)c2cc(F)ccc12. The molecule has 1 aromatic heterocycles. The van der Waals surface area contributed by atoms with Gasteiger partial charge in [0.2, 0.25) is 0 Å². The molecule has 2 aromatic rings. The molecule has 1 heterocycles. The molecule has 0 aliphatic rings. The summed E-state index contributed by atoms with van der Waals surface area (Å²) in [6.45, 7) is 0. The van der Waals surface area contributed by atoms with Gasteiger partial charge in [-0.05, 0) is 12.1 Å². The van der Waals surface area contributed by atoms with Crippen molar-refractivity contribution >= 4 is 16.7 Å². The molecule has 5 heteroatoms. The van der Waals surface area contributed by atoms with E-state index in [0.29, 0.717) is 0 Å². The monoisotopic (exact) mass is 207 g/mol. The minimum atomic E-state index is -1.16. The van der Waals surface area contributed by atoms with E-state index in [1.54, 1.807) is 0 Å². The van der Waals surface area contributed by atoms with Crippen LogP contribution in [0.4, 0.5) is 4.39 Å². The third-order valence-electron chi connectivity index (χ3n) is 2.09. The van der Waals surface area contributed by atoms with Gasteiger partial charge in [-0.2, -0.15) is 0 Å². The molecule has 0 bridgehead atoms. The number of benzene rings is 1. The Bertz CT molecular complexity index is 603. The van der Waals surface area contributed by atoms with Crippen molar-refractivity contribution in [1.29, 1.82) is 0 Å². The number of aromatic carboxylic acids is 1. The number of hydrogen-bond acceptors (Lipinski definition) is 2. The number of hydrogen-bond donors (Lipinski definition) is 2. The van der Waals surface area contributed by atoms with Crippen molar-refractivity contribution in [3.63, 3.8) is 0 Å². The molecule has 0 aliphatic carbocycles. The smallest absolute Gasteiger partial charge is 0.337 e. The van der Waals surface area contributed by atoms with Gasteiger partial charge < -0.3 is 10.1 Å². The Hall–Kier alpha value is -2.17. The maximum atomic E-state index is 12.8. The van der Waals surface area contributed by atoms with Crippen molar-refractivity contribution in [1.82, 2.24) is 4.98 Å². The minimum absolute atomic E-state index is 0.0369. The summed E-state index contributed by atoms with van der Waals surface area (Å²) in [6, 6.07) is 3.41. The summed E-state index contributed by atoms with van der Waals surface area (Å²) in [7, 11) is 0. The molecule has 1 aromatic carbocycles. The number of aromatic amines is 1. The molecule has 4 nitrogen and oxygen atoms in total. The number of H-pyrrole nitrogens is 1. The molecule has 0 fully saturated rings. The summed E-state index contributed by atoms with van der Waals surface area (Å²) >= 11 is 0. The summed E-state index contributed by atoms with van der Waals surface area (Å²) in [5, 5.41) is 9.09. The first-order valence-corrected chi connectivity index (χ1v) is 4.14. The fourth-order valence-corrected chi connectivity index (χ4v) is 1.41. The molecule has 2 N–H and O–H groups in total. The quantitative estimate of drug-likeness (QED) is 0.741. The lowest BCUT2D eigenvalue weighted by Gasteiger charge is -2.00. The predicted octanol–water partition coefficient (Wildman–Crippen LogP) is 1.37. The highest BCUT2D eigenvalue weighted by atomic mass is 19.1. The van der Waals surface area contributed by atoms with Crippen LogP contribution in [-0.2, 0) is 0 Å². The Morgan fingerprint density at radius 1 is 1.33 bits per heavy atom. The first kappa shape index (κ1) is 9.39. The minimum Gasteiger partial charge on any atom is -0.478 e. The molecule has 2 rings (SSSR count). The normalized spacial score (nSPS) is 10.5. The van der Waals surface area contributed by atoms with E-state index in [0.717, 1.165) is 18.3 Å². The van der Waals surface area contributed by atoms with Crippen molar-refractivity contribution in [2.24, 2.45) is 0 Å². The van der Waals surface area contributed by atoms with Crippen molar-refractivity contribution < 1.29 is 14.3 Å². The molecule has 0 unspecified atom stereocenters. The van der Waals surface area contributed by atoms with Crippen LogP contribution in [-0.4, -0.2) is 16.1 Å². The molecule has 0 aliphatic heterocycles. The molecule has 0 saturated heterocycles. The van der Waals surface area contributed by atoms with Crippen molar-refractivity contribution in [2.75, 3.05) is 0 Å². The first-order chi connectivity index (χ1) is 7.09. The van der Waals surface area contributed by atoms with E-state index in [1.165, 1.54) is 6.07 Å². The molecule has 0 spiro atoms. The molecule has 0 radical (unpaired) electrons. The summed E-state index contributed by atoms with van der Waals surface area (Å²) in [4.78, 5) is 24.3. The van der Waals surface area contributed by atoms with Gasteiger partial charge in [-0.15, -0.1) is 0 Å². The average molecular weight is 207 g/mol. The fourth-order valence-electron chi connectivity index (χ4n) is 1.41. The number of fused-ring (bicyclic) bond motifs is 1. The van der Waals surface area contributed by atoms with E-state index in [1.807, 2.05) is 0 Å². The molecule has 76 valence electrons. The highest BCUT2D eigenvalue weighted by Gasteiger charge is 2.10. The van der Waals surface area contributed by atoms with E-state index in [-0.39, 0.29) is 16.3 Å². The highest BCUT2D eigenvalue weighted by molar-refractivity contribution is 6.02. The number of halogens is 1. The number of carboxylic acid groups (broad SMARTS) is 1. The Morgan fingerprint density at radius 3 is 2.73 bits per heavy atom. The van der Waals surface area contributed by atoms with Gasteiger partial charge in [0.05, 0.1) is 10.9 Å². The van der Waals surface area contributed by atoms with Gasteiger partial charge >= 0.3 is 5.97 Å². The Balaban J connectivity index is 2.95. The van der Waals surface area contributed by atoms with Crippen LogP contribution in [0.2, 0.25) is 0 Å². The second kappa shape index (κ2) is 3.20. The van der Waals surface area contributed by atoms with Gasteiger partial charge in [-0.1, -0.05) is 6.07 Å². The zero-order valence-electron chi connectivity index (χ0n) is 7.45. The Kier molecular flexibility index (Phi) is 2.00. The molecule has 0 amide bonds. The first-order valence-electron chi connectivity index (χ1n) is 4.14. The predicted molar refractivity (Wildman–Crippen MR) is 51.5 cm³/mol. The number of nitrogens with one attached hydrogen (secondary N) is 1. The van der Waals surface area contributed by atoms with E-state index < -0.39 is 17.3 Å². The molecular formula is C10H6FNO3. The third kappa shape index (κ3) is 1.48. The summed E-state index contributed by atoms with van der Waals surface area (Å²) in [5.74, 6) is -1.74. The summed E-state index contributed by atoms with van der Waals surface area (Å²) in [6.07, 6.45) is 1.10. The zero-order valence-corrected chi connectivity index (χ0v) is 7.45. The fraction of sp³-hybridized carbons (Fsp3) is 0. The molecule has 15 heavy (non-hydrogen) atoms. The van der Waals surface area contributed by atoms with Crippen LogP contribution < -0.4 is 5.56 Å². The van der Waals surface area contributed by atoms with Crippen LogP contribution in [0.15, 0.2) is 29.2 Å². The second-order valence-electron chi connectivity index (χ2n) is 3.03. The summed E-state index contributed by atoms with van der Waals surface area (Å²) < 4.78 is 12.8. The van der Waals surface area contributed by atoms with Gasteiger partial charge in [0.15, 0.2) is 0 Å². The maximum Gasteiger partial charge on any atom is 0.337 e. The topological polar surface area (TPSA) is 70.2 Å². The molecule has 0 atom stereocenters. The Labute approximate surface area is 83.0 Å². The number of aromatic nitrogens is 1. The van der Waals surface area contributed by atoms with Gasteiger partial charge in [0, 0.05) is 11.6 Å². The van der Waals surface area contributed by atoms with E-state index in [9.17, 15) is 14.0 Å². The zero-order chi connectivity index (χ0) is 11.0. The van der Waals surface area contributed by atoms with Crippen molar-refractivity contribution in [3.8, 4) is 0 Å². The van der Waals surface area contributed by atoms with Crippen LogP contribution in [0.5, 0.6) is 0 Å². The van der Waals surface area contributed by atoms with Crippen LogP contribution >= 0.6 is 0 Å². The molecular weight excluding hydrogens is 201 g/mol. The van der Waals surface area contributed by atoms with E-state index in [2.05, 4.69) is 4.98 Å². The second-order valence-corrected chi connectivity index (χ2v) is 3.03. The third-order valence-corrected chi connectivity index (χ3v) is 2.09. The lowest BCUT2D eigenvalue weighted by Crippen LogP contribution is -2.10. The van der Waals surface area contributed by atoms with Gasteiger partial charge in [-0.25, -0.2) is 9.18 Å². The van der Waals surface area contributed by atoms with Gasteiger partial charge in [0.1, 0.15) is 5.82 Å². The Morgan fingerprint density at radius 2 is 2.07 bits per heavy atom. The number of rotatable bonds is 1. The van der Waals surface area contributed by atoms with Crippen LogP contribution in [0, 0.1) is 5.82 Å². The lowest BCUT2D eigenvalue weighted by molar-refractivity contribution is 0.0698. The van der Waals surface area contributed by atoms with Gasteiger partial charge in [-0.3, -0.25) is 4.79 Å². The van der Waals surface area contributed by atoms with Crippen LogP contribution in [0.25, 0.3) is 10.8 Å². The largest absolute Gasteiger partial charge is 0.478 e. The number of carbonyl (C=O) groups is 1. The van der Waals surface area contributed by atoms with E-state index >= 15 is 0 Å². The van der Waals surface area contributed by atoms with Crippen LogP contribution in [0.3, 0.4) is 0 Å². The summed E-state index contributed by atoms with van der Waals surface area (Å²) in [5.41, 5.74) is -0.556. The molecule has 0 saturated carbocycles. The average Bonchev–Trinajstić information content (AvgIpc) is 2.19. The number of carboxylic acids is 1. The lowest BCUT2D eigenvalue weighted by atomic mass is 10.1. The number of pyridine rings is 1.